The Hall–Kier alpha value is -1.05. The largest absolute Gasteiger partial charge is 0.383 e. The third kappa shape index (κ3) is 3.77. The SMILES string of the molecule is CC(C)CCCCc1cccnc1N. The molecule has 2 N–H and O–H groups in total. The number of hydrogen-bond donors (Lipinski definition) is 1. The van der Waals surface area contributed by atoms with Crippen LogP contribution in [-0.2, 0) is 6.42 Å². The lowest BCUT2D eigenvalue weighted by Crippen LogP contribution is -1.97. The van der Waals surface area contributed by atoms with E-state index in [1.54, 1.807) is 6.20 Å². The molecule has 1 heterocycles. The summed E-state index contributed by atoms with van der Waals surface area (Å²) in [5, 5.41) is 0. The Kier molecular flexibility index (Phi) is 4.44. The lowest BCUT2D eigenvalue weighted by molar-refractivity contribution is 0.538. The number of unbranched alkanes of at least 4 members (excludes halogenated alkanes) is 1. The average molecular weight is 192 g/mol. The van der Waals surface area contributed by atoms with Gasteiger partial charge < -0.3 is 5.73 Å². The summed E-state index contributed by atoms with van der Waals surface area (Å²) in [5.41, 5.74) is 6.94. The van der Waals surface area contributed by atoms with Gasteiger partial charge in [0.15, 0.2) is 0 Å². The number of nitrogens with zero attached hydrogens (tertiary/aromatic N) is 1. The van der Waals surface area contributed by atoms with Gasteiger partial charge in [0.05, 0.1) is 0 Å². The first-order valence-electron chi connectivity index (χ1n) is 5.39. The fourth-order valence-corrected chi connectivity index (χ4v) is 1.53. The van der Waals surface area contributed by atoms with E-state index in [0.29, 0.717) is 5.82 Å². The van der Waals surface area contributed by atoms with Crippen LogP contribution in [0.3, 0.4) is 0 Å². The summed E-state index contributed by atoms with van der Waals surface area (Å²) in [6, 6.07) is 4.02. The second kappa shape index (κ2) is 5.63. The maximum absolute atomic E-state index is 5.75. The van der Waals surface area contributed by atoms with Gasteiger partial charge in [-0.1, -0.05) is 32.8 Å². The van der Waals surface area contributed by atoms with E-state index in [4.69, 9.17) is 5.73 Å². The molecular formula is C12H20N2. The molecule has 0 aromatic carbocycles. The van der Waals surface area contributed by atoms with E-state index in [2.05, 4.69) is 24.9 Å². The van der Waals surface area contributed by atoms with Crippen LogP contribution in [0, 0.1) is 5.92 Å². The third-order valence-corrected chi connectivity index (χ3v) is 2.40. The van der Waals surface area contributed by atoms with Crippen molar-refractivity contribution in [3.05, 3.63) is 23.9 Å². The van der Waals surface area contributed by atoms with Crippen molar-refractivity contribution in [2.24, 2.45) is 5.92 Å². The van der Waals surface area contributed by atoms with Gasteiger partial charge in [0.2, 0.25) is 0 Å². The molecule has 0 bridgehead atoms. The summed E-state index contributed by atoms with van der Waals surface area (Å²) in [5.74, 6) is 1.50. The lowest BCUT2D eigenvalue weighted by Gasteiger charge is -2.05. The van der Waals surface area contributed by atoms with Gasteiger partial charge in [-0.3, -0.25) is 0 Å². The molecule has 0 atom stereocenters. The Morgan fingerprint density at radius 3 is 2.79 bits per heavy atom. The Labute approximate surface area is 86.5 Å². The topological polar surface area (TPSA) is 38.9 Å². The van der Waals surface area contributed by atoms with E-state index in [-0.39, 0.29) is 0 Å². The van der Waals surface area contributed by atoms with Crippen LogP contribution in [0.4, 0.5) is 5.82 Å². The number of rotatable bonds is 5. The molecule has 0 aliphatic carbocycles. The van der Waals surface area contributed by atoms with Crippen LogP contribution in [-0.4, -0.2) is 4.98 Å². The van der Waals surface area contributed by atoms with E-state index in [1.165, 1.54) is 24.8 Å². The molecule has 0 unspecified atom stereocenters. The van der Waals surface area contributed by atoms with Gasteiger partial charge in [0.25, 0.3) is 0 Å². The third-order valence-electron chi connectivity index (χ3n) is 2.40. The van der Waals surface area contributed by atoms with E-state index >= 15 is 0 Å². The van der Waals surface area contributed by atoms with Gasteiger partial charge in [-0.2, -0.15) is 0 Å². The monoisotopic (exact) mass is 192 g/mol. The molecule has 0 radical (unpaired) electrons. The Balaban J connectivity index is 2.28. The highest BCUT2D eigenvalue weighted by molar-refractivity contribution is 5.38. The first-order valence-corrected chi connectivity index (χ1v) is 5.39. The van der Waals surface area contributed by atoms with Crippen molar-refractivity contribution in [2.45, 2.75) is 39.5 Å². The highest BCUT2D eigenvalue weighted by atomic mass is 14.8. The zero-order chi connectivity index (χ0) is 10.4. The van der Waals surface area contributed by atoms with Crippen LogP contribution < -0.4 is 5.73 Å². The molecule has 0 fully saturated rings. The second-order valence-corrected chi connectivity index (χ2v) is 4.19. The number of anilines is 1. The molecule has 0 saturated carbocycles. The lowest BCUT2D eigenvalue weighted by atomic mass is 10.0. The molecule has 0 spiro atoms. The fourth-order valence-electron chi connectivity index (χ4n) is 1.53. The minimum absolute atomic E-state index is 0.692. The van der Waals surface area contributed by atoms with Crippen molar-refractivity contribution in [1.82, 2.24) is 4.98 Å². The van der Waals surface area contributed by atoms with E-state index in [1.807, 2.05) is 6.07 Å². The van der Waals surface area contributed by atoms with Crippen LogP contribution in [0.1, 0.15) is 38.7 Å². The van der Waals surface area contributed by atoms with Gasteiger partial charge in [0, 0.05) is 6.20 Å². The van der Waals surface area contributed by atoms with Crippen LogP contribution in [0.5, 0.6) is 0 Å². The molecule has 78 valence electrons. The molecule has 1 aromatic rings. The van der Waals surface area contributed by atoms with Crippen LogP contribution in [0.2, 0.25) is 0 Å². The Bertz CT molecular complexity index is 269. The maximum atomic E-state index is 5.75. The molecule has 14 heavy (non-hydrogen) atoms. The highest BCUT2D eigenvalue weighted by Crippen LogP contribution is 2.13. The minimum Gasteiger partial charge on any atom is -0.383 e. The first-order chi connectivity index (χ1) is 6.70. The van der Waals surface area contributed by atoms with Crippen molar-refractivity contribution in [3.63, 3.8) is 0 Å². The molecule has 1 aromatic heterocycles. The molecule has 0 aliphatic rings. The number of nitrogens with two attached hydrogens (primary N) is 1. The van der Waals surface area contributed by atoms with Crippen LogP contribution in [0.25, 0.3) is 0 Å². The molecular weight excluding hydrogens is 172 g/mol. The zero-order valence-corrected chi connectivity index (χ0v) is 9.16. The smallest absolute Gasteiger partial charge is 0.126 e. The molecule has 0 amide bonds. The predicted molar refractivity (Wildman–Crippen MR) is 61.0 cm³/mol. The highest BCUT2D eigenvalue weighted by Gasteiger charge is 1.99. The van der Waals surface area contributed by atoms with Gasteiger partial charge >= 0.3 is 0 Å². The van der Waals surface area contributed by atoms with Crippen LogP contribution in [0.15, 0.2) is 18.3 Å². The Morgan fingerprint density at radius 1 is 1.36 bits per heavy atom. The maximum Gasteiger partial charge on any atom is 0.126 e. The van der Waals surface area contributed by atoms with Crippen molar-refractivity contribution < 1.29 is 0 Å². The standard InChI is InChI=1S/C12H20N2/c1-10(2)6-3-4-7-11-8-5-9-14-12(11)13/h5,8-10H,3-4,6-7H2,1-2H3,(H2,13,14). The molecule has 1 rings (SSSR count). The zero-order valence-electron chi connectivity index (χ0n) is 9.16. The molecule has 2 nitrogen and oxygen atoms in total. The second-order valence-electron chi connectivity index (χ2n) is 4.19. The number of aromatic nitrogens is 1. The molecule has 0 saturated heterocycles. The predicted octanol–water partition coefficient (Wildman–Crippen LogP) is 3.03. The van der Waals surface area contributed by atoms with Gasteiger partial charge in [-0.15, -0.1) is 0 Å². The quantitative estimate of drug-likeness (QED) is 0.728. The summed E-state index contributed by atoms with van der Waals surface area (Å²) < 4.78 is 0. The Morgan fingerprint density at radius 2 is 2.14 bits per heavy atom. The number of aryl methyl sites for hydroxylation is 1. The van der Waals surface area contributed by atoms with Gasteiger partial charge in [-0.25, -0.2) is 4.98 Å². The van der Waals surface area contributed by atoms with E-state index < -0.39 is 0 Å². The summed E-state index contributed by atoms with van der Waals surface area (Å²) in [6.07, 6.45) is 6.61. The minimum atomic E-state index is 0.692. The van der Waals surface area contributed by atoms with E-state index in [0.717, 1.165) is 12.3 Å². The number of hydrogen-bond acceptors (Lipinski definition) is 2. The summed E-state index contributed by atoms with van der Waals surface area (Å²) in [4.78, 5) is 4.07. The summed E-state index contributed by atoms with van der Waals surface area (Å²) in [7, 11) is 0. The number of pyridine rings is 1. The van der Waals surface area contributed by atoms with Crippen molar-refractivity contribution in [3.8, 4) is 0 Å². The first kappa shape index (κ1) is 11.0. The van der Waals surface area contributed by atoms with E-state index in [9.17, 15) is 0 Å². The average Bonchev–Trinajstić information content (AvgIpc) is 2.15. The van der Waals surface area contributed by atoms with Crippen LogP contribution >= 0.6 is 0 Å². The normalized spacial score (nSPS) is 10.8. The van der Waals surface area contributed by atoms with Crippen molar-refractivity contribution in [2.75, 3.05) is 5.73 Å². The fraction of sp³-hybridized carbons (Fsp3) is 0.583. The van der Waals surface area contributed by atoms with Gasteiger partial charge in [0.1, 0.15) is 5.82 Å². The summed E-state index contributed by atoms with van der Waals surface area (Å²) >= 11 is 0. The number of nitrogen functional groups attached to an aromatic ring is 1. The van der Waals surface area contributed by atoms with Gasteiger partial charge in [-0.05, 0) is 30.4 Å². The van der Waals surface area contributed by atoms with Crippen molar-refractivity contribution >= 4 is 5.82 Å². The molecule has 0 aliphatic heterocycles. The summed E-state index contributed by atoms with van der Waals surface area (Å²) in [6.45, 7) is 4.52. The molecule has 2 heteroatoms. The van der Waals surface area contributed by atoms with Crippen molar-refractivity contribution in [1.29, 1.82) is 0 Å².